The van der Waals surface area contributed by atoms with Gasteiger partial charge in [0.15, 0.2) is 0 Å². The van der Waals surface area contributed by atoms with Crippen molar-refractivity contribution in [1.29, 1.82) is 0 Å². The van der Waals surface area contributed by atoms with Crippen molar-refractivity contribution in [2.24, 2.45) is 0 Å². The minimum atomic E-state index is -3.92. The molecule has 0 saturated heterocycles. The lowest BCUT2D eigenvalue weighted by Crippen LogP contribution is -2.52. The van der Waals surface area contributed by atoms with Crippen LogP contribution in [-0.2, 0) is 26.2 Å². The van der Waals surface area contributed by atoms with Crippen LogP contribution in [-0.4, -0.2) is 64.2 Å². The van der Waals surface area contributed by atoms with Crippen LogP contribution in [0.1, 0.15) is 32.8 Å². The number of nitrogens with zero attached hydrogens (tertiary/aromatic N) is 2. The molecule has 2 amide bonds. The summed E-state index contributed by atoms with van der Waals surface area (Å²) in [7, 11) is -1.07. The van der Waals surface area contributed by atoms with E-state index in [9.17, 15) is 18.0 Å². The van der Waals surface area contributed by atoms with Gasteiger partial charge in [-0.2, -0.15) is 0 Å². The van der Waals surface area contributed by atoms with Crippen LogP contribution in [0.25, 0.3) is 0 Å². The van der Waals surface area contributed by atoms with E-state index in [0.29, 0.717) is 16.3 Å². The second-order valence-corrected chi connectivity index (χ2v) is 10.8. The Labute approximate surface area is 218 Å². The number of benzene rings is 2. The number of nitrogens with one attached hydrogen (secondary N) is 1. The highest BCUT2D eigenvalue weighted by molar-refractivity contribution is 7.92. The van der Waals surface area contributed by atoms with E-state index in [-0.39, 0.29) is 29.9 Å². The molecule has 0 aliphatic heterocycles. The quantitative estimate of drug-likeness (QED) is 0.443. The normalized spacial score (nSPS) is 12.9. The second kappa shape index (κ2) is 12.8. The predicted octanol–water partition coefficient (Wildman–Crippen LogP) is 3.46. The molecule has 0 unspecified atom stereocenters. The van der Waals surface area contributed by atoms with Crippen molar-refractivity contribution in [3.8, 4) is 11.5 Å². The lowest BCUT2D eigenvalue weighted by atomic mass is 10.1. The van der Waals surface area contributed by atoms with Gasteiger partial charge in [0.25, 0.3) is 0 Å². The van der Waals surface area contributed by atoms with Crippen molar-refractivity contribution >= 4 is 39.1 Å². The van der Waals surface area contributed by atoms with Crippen LogP contribution in [0, 0.1) is 0 Å². The Morgan fingerprint density at radius 3 is 2.33 bits per heavy atom. The number of rotatable bonds is 12. The number of halogens is 1. The van der Waals surface area contributed by atoms with Crippen LogP contribution in [0.15, 0.2) is 42.5 Å². The van der Waals surface area contributed by atoms with Gasteiger partial charge in [0.05, 0.1) is 26.2 Å². The highest BCUT2D eigenvalue weighted by Crippen LogP contribution is 2.34. The number of carbonyl (C=O) groups excluding carboxylic acids is 2. The van der Waals surface area contributed by atoms with Crippen LogP contribution < -0.4 is 19.1 Å². The van der Waals surface area contributed by atoms with E-state index >= 15 is 0 Å². The minimum Gasteiger partial charge on any atom is -0.497 e. The lowest BCUT2D eigenvalue weighted by Gasteiger charge is -2.32. The van der Waals surface area contributed by atoms with Gasteiger partial charge in [-0.25, -0.2) is 8.42 Å². The first-order valence-corrected chi connectivity index (χ1v) is 13.7. The van der Waals surface area contributed by atoms with Crippen molar-refractivity contribution in [2.75, 3.05) is 31.3 Å². The molecular formula is C25H34ClN3O6S. The minimum absolute atomic E-state index is 0.0569. The highest BCUT2D eigenvalue weighted by atomic mass is 35.5. The Bertz CT molecular complexity index is 1170. The monoisotopic (exact) mass is 539 g/mol. The molecule has 2 atom stereocenters. The fourth-order valence-corrected chi connectivity index (χ4v) is 4.52. The third-order valence-electron chi connectivity index (χ3n) is 5.74. The number of ether oxygens (including phenoxy) is 2. The molecule has 11 heteroatoms. The molecule has 0 aromatic heterocycles. The third kappa shape index (κ3) is 7.76. The molecule has 2 rings (SSSR count). The van der Waals surface area contributed by atoms with Crippen LogP contribution in [0.2, 0.25) is 5.02 Å². The molecule has 1 N–H and O–H groups in total. The van der Waals surface area contributed by atoms with E-state index in [1.165, 1.54) is 25.2 Å². The van der Waals surface area contributed by atoms with Gasteiger partial charge in [-0.1, -0.05) is 30.7 Å². The standard InChI is InChI=1S/C25H34ClN3O6S/c1-7-17(2)27-25(31)18(3)28(15-19-9-8-10-20(26)13-19)24(30)16-29(36(6,32)33)22-14-21(34-4)11-12-23(22)35-5/h8-14,17-18H,7,15-16H2,1-6H3,(H,27,31)/t17-,18+/m0/s1. The molecule has 0 bridgehead atoms. The molecule has 0 saturated carbocycles. The zero-order valence-electron chi connectivity index (χ0n) is 21.4. The Kier molecular flexibility index (Phi) is 10.4. The topological polar surface area (TPSA) is 105 Å². The second-order valence-electron chi connectivity index (χ2n) is 8.45. The van der Waals surface area contributed by atoms with Gasteiger partial charge in [0.2, 0.25) is 21.8 Å². The Balaban J connectivity index is 2.48. The number of carbonyl (C=O) groups is 2. The Hall–Kier alpha value is -2.98. The van der Waals surface area contributed by atoms with Crippen molar-refractivity contribution in [1.82, 2.24) is 10.2 Å². The summed E-state index contributed by atoms with van der Waals surface area (Å²) in [5.74, 6) is -0.274. The molecule has 0 aliphatic rings. The number of hydrogen-bond donors (Lipinski definition) is 1. The average molecular weight is 540 g/mol. The predicted molar refractivity (Wildman–Crippen MR) is 141 cm³/mol. The summed E-state index contributed by atoms with van der Waals surface area (Å²) in [5, 5.41) is 3.37. The van der Waals surface area contributed by atoms with Crippen LogP contribution in [0.4, 0.5) is 5.69 Å². The summed E-state index contributed by atoms with van der Waals surface area (Å²) < 4.78 is 37.2. The van der Waals surface area contributed by atoms with E-state index < -0.39 is 28.5 Å². The van der Waals surface area contributed by atoms with E-state index in [0.717, 1.165) is 17.0 Å². The largest absolute Gasteiger partial charge is 0.497 e. The van der Waals surface area contributed by atoms with Gasteiger partial charge in [-0.3, -0.25) is 13.9 Å². The zero-order valence-corrected chi connectivity index (χ0v) is 23.0. The molecule has 2 aromatic rings. The van der Waals surface area contributed by atoms with Gasteiger partial charge in [0, 0.05) is 23.7 Å². The Morgan fingerprint density at radius 1 is 1.08 bits per heavy atom. The van der Waals surface area contributed by atoms with Gasteiger partial charge < -0.3 is 19.7 Å². The molecule has 0 aliphatic carbocycles. The molecule has 2 aromatic carbocycles. The summed E-state index contributed by atoms with van der Waals surface area (Å²) in [4.78, 5) is 27.9. The Morgan fingerprint density at radius 2 is 1.78 bits per heavy atom. The number of hydrogen-bond acceptors (Lipinski definition) is 6. The van der Waals surface area contributed by atoms with Gasteiger partial charge in [0.1, 0.15) is 24.1 Å². The summed E-state index contributed by atoms with van der Waals surface area (Å²) in [6, 6.07) is 10.6. The first-order chi connectivity index (χ1) is 16.9. The average Bonchev–Trinajstić information content (AvgIpc) is 2.84. The smallest absolute Gasteiger partial charge is 0.244 e. The van der Waals surface area contributed by atoms with Crippen molar-refractivity contribution in [2.45, 2.75) is 45.8 Å². The molecule has 0 heterocycles. The molecule has 9 nitrogen and oxygen atoms in total. The molecule has 36 heavy (non-hydrogen) atoms. The summed E-state index contributed by atoms with van der Waals surface area (Å²) >= 11 is 6.13. The fraction of sp³-hybridized carbons (Fsp3) is 0.440. The first-order valence-electron chi connectivity index (χ1n) is 11.4. The SMILES string of the molecule is CC[C@H](C)NC(=O)[C@@H](C)N(Cc1cccc(Cl)c1)C(=O)CN(c1cc(OC)ccc1OC)S(C)(=O)=O. The molecule has 198 valence electrons. The number of sulfonamides is 1. The van der Waals surface area contributed by atoms with Crippen molar-refractivity contribution in [3.05, 3.63) is 53.1 Å². The van der Waals surface area contributed by atoms with Crippen molar-refractivity contribution in [3.63, 3.8) is 0 Å². The number of amides is 2. The van der Waals surface area contributed by atoms with Crippen LogP contribution >= 0.6 is 11.6 Å². The van der Waals surface area contributed by atoms with Crippen LogP contribution in [0.5, 0.6) is 11.5 Å². The molecule has 0 fully saturated rings. The first kappa shape index (κ1) is 29.3. The fourth-order valence-electron chi connectivity index (χ4n) is 3.47. The molecule has 0 radical (unpaired) electrons. The van der Waals surface area contributed by atoms with Gasteiger partial charge in [-0.05, 0) is 50.1 Å². The van der Waals surface area contributed by atoms with E-state index in [2.05, 4.69) is 5.32 Å². The summed E-state index contributed by atoms with van der Waals surface area (Å²) in [6.45, 7) is 4.92. The molecular weight excluding hydrogens is 506 g/mol. The van der Waals surface area contributed by atoms with Crippen molar-refractivity contribution < 1.29 is 27.5 Å². The zero-order chi connectivity index (χ0) is 27.0. The van der Waals surface area contributed by atoms with Gasteiger partial charge >= 0.3 is 0 Å². The van der Waals surface area contributed by atoms with Crippen LogP contribution in [0.3, 0.4) is 0 Å². The summed E-state index contributed by atoms with van der Waals surface area (Å²) in [6.07, 6.45) is 1.72. The maximum atomic E-state index is 13.7. The summed E-state index contributed by atoms with van der Waals surface area (Å²) in [5.41, 5.74) is 0.844. The maximum absolute atomic E-state index is 13.7. The van der Waals surface area contributed by atoms with Gasteiger partial charge in [-0.15, -0.1) is 0 Å². The van der Waals surface area contributed by atoms with E-state index in [1.807, 2.05) is 13.8 Å². The highest BCUT2D eigenvalue weighted by Gasteiger charge is 2.31. The third-order valence-corrected chi connectivity index (χ3v) is 7.11. The van der Waals surface area contributed by atoms with E-state index in [4.69, 9.17) is 21.1 Å². The number of anilines is 1. The van der Waals surface area contributed by atoms with E-state index in [1.54, 1.807) is 43.3 Å². The maximum Gasteiger partial charge on any atom is 0.244 e. The number of methoxy groups -OCH3 is 2. The molecule has 0 spiro atoms. The lowest BCUT2D eigenvalue weighted by molar-refractivity contribution is -0.139.